The normalized spacial score (nSPS) is 14.4. The molecule has 0 unspecified atom stereocenters. The molecule has 0 aliphatic carbocycles. The highest BCUT2D eigenvalue weighted by Crippen LogP contribution is 2.13. The van der Waals surface area contributed by atoms with E-state index in [1.54, 1.807) is 4.90 Å². The van der Waals surface area contributed by atoms with Gasteiger partial charge in [-0.25, -0.2) is 0 Å². The van der Waals surface area contributed by atoms with E-state index in [4.69, 9.17) is 0 Å². The summed E-state index contributed by atoms with van der Waals surface area (Å²) in [6.45, 7) is 1.35. The second kappa shape index (κ2) is 6.85. The second-order valence-corrected chi connectivity index (χ2v) is 5.13. The first-order chi connectivity index (χ1) is 10.8. The average molecular weight is 290 g/mol. The maximum Gasteiger partial charge on any atom is 0.232 e. The first-order valence-electron chi connectivity index (χ1n) is 7.46. The predicted molar refractivity (Wildman–Crippen MR) is 89.7 cm³/mol. The van der Waals surface area contributed by atoms with Crippen molar-refractivity contribution < 1.29 is 4.79 Å². The molecular weight excluding hydrogens is 272 g/mol. The van der Waals surface area contributed by atoms with Gasteiger partial charge in [0.25, 0.3) is 0 Å². The van der Waals surface area contributed by atoms with Crippen LogP contribution in [0.2, 0.25) is 0 Å². The van der Waals surface area contributed by atoms with Gasteiger partial charge < -0.3 is 0 Å². The van der Waals surface area contributed by atoms with Crippen LogP contribution in [0.25, 0.3) is 6.08 Å². The third kappa shape index (κ3) is 3.31. The van der Waals surface area contributed by atoms with Crippen molar-refractivity contribution in [2.45, 2.75) is 6.42 Å². The molecule has 110 valence electrons. The van der Waals surface area contributed by atoms with Crippen LogP contribution >= 0.6 is 0 Å². The van der Waals surface area contributed by atoms with E-state index >= 15 is 0 Å². The molecule has 0 aromatic heterocycles. The summed E-state index contributed by atoms with van der Waals surface area (Å²) in [5, 5.41) is 0. The van der Waals surface area contributed by atoms with E-state index in [1.165, 1.54) is 0 Å². The maximum atomic E-state index is 12.4. The summed E-state index contributed by atoms with van der Waals surface area (Å²) in [7, 11) is 0. The highest BCUT2D eigenvalue weighted by atomic mass is 16.2. The summed E-state index contributed by atoms with van der Waals surface area (Å²) < 4.78 is 0. The molecule has 2 aromatic rings. The van der Waals surface area contributed by atoms with Gasteiger partial charge in [0.15, 0.2) is 0 Å². The number of hydrogen-bond donors (Lipinski definition) is 0. The van der Waals surface area contributed by atoms with Gasteiger partial charge in [0.2, 0.25) is 5.91 Å². The quantitative estimate of drug-likeness (QED) is 0.849. The SMILES string of the molecule is O=C(CC=Cc1ccccc1)N1CCN=C1c1ccccc1. The Labute approximate surface area is 130 Å². The van der Waals surface area contributed by atoms with Crippen molar-refractivity contribution in [1.29, 1.82) is 0 Å². The lowest BCUT2D eigenvalue weighted by Gasteiger charge is -2.17. The molecule has 2 aromatic carbocycles. The summed E-state index contributed by atoms with van der Waals surface area (Å²) in [5.41, 5.74) is 2.11. The number of aliphatic imine (C=N–C) groups is 1. The molecule has 1 aliphatic rings. The molecule has 0 saturated heterocycles. The van der Waals surface area contributed by atoms with Crippen LogP contribution in [-0.2, 0) is 4.79 Å². The molecule has 3 rings (SSSR count). The van der Waals surface area contributed by atoms with Crippen LogP contribution in [0, 0.1) is 0 Å². The van der Waals surface area contributed by atoms with Crippen molar-refractivity contribution in [2.24, 2.45) is 4.99 Å². The number of benzene rings is 2. The molecule has 0 fully saturated rings. The average Bonchev–Trinajstić information content (AvgIpc) is 3.06. The van der Waals surface area contributed by atoms with Gasteiger partial charge in [-0.15, -0.1) is 0 Å². The lowest BCUT2D eigenvalue weighted by Crippen LogP contribution is -2.34. The van der Waals surface area contributed by atoms with E-state index in [-0.39, 0.29) is 5.91 Å². The van der Waals surface area contributed by atoms with Gasteiger partial charge in [0.05, 0.1) is 6.54 Å². The van der Waals surface area contributed by atoms with Crippen molar-refractivity contribution in [3.8, 4) is 0 Å². The minimum Gasteiger partial charge on any atom is -0.294 e. The lowest BCUT2D eigenvalue weighted by molar-refractivity contribution is -0.126. The van der Waals surface area contributed by atoms with Crippen LogP contribution in [-0.4, -0.2) is 29.7 Å². The molecule has 0 spiro atoms. The monoisotopic (exact) mass is 290 g/mol. The number of amidine groups is 1. The van der Waals surface area contributed by atoms with E-state index in [0.717, 1.165) is 17.0 Å². The van der Waals surface area contributed by atoms with Crippen molar-refractivity contribution in [2.75, 3.05) is 13.1 Å². The zero-order valence-corrected chi connectivity index (χ0v) is 12.4. The number of nitrogens with zero attached hydrogens (tertiary/aromatic N) is 2. The number of carbonyl (C=O) groups excluding carboxylic acids is 1. The Morgan fingerprint density at radius 2 is 1.73 bits per heavy atom. The zero-order valence-electron chi connectivity index (χ0n) is 12.4. The minimum atomic E-state index is 0.0901. The third-order valence-corrected chi connectivity index (χ3v) is 3.58. The molecular formula is C19H18N2O. The molecule has 0 bridgehead atoms. The first-order valence-corrected chi connectivity index (χ1v) is 7.46. The molecule has 0 saturated carbocycles. The van der Waals surface area contributed by atoms with Gasteiger partial charge in [-0.05, 0) is 5.56 Å². The Bertz CT molecular complexity index is 690. The molecule has 3 nitrogen and oxygen atoms in total. The maximum absolute atomic E-state index is 12.4. The highest BCUT2D eigenvalue weighted by Gasteiger charge is 2.23. The standard InChI is InChI=1S/C19H18N2O/c22-18(13-7-10-16-8-3-1-4-9-16)21-15-14-20-19(21)17-11-5-2-6-12-17/h1-12H,13-15H2. The van der Waals surface area contributed by atoms with Crippen molar-refractivity contribution in [1.82, 2.24) is 4.90 Å². The minimum absolute atomic E-state index is 0.0901. The Hall–Kier alpha value is -2.68. The summed E-state index contributed by atoms with van der Waals surface area (Å²) in [4.78, 5) is 18.7. The lowest BCUT2D eigenvalue weighted by atomic mass is 10.1. The number of hydrogen-bond acceptors (Lipinski definition) is 2. The Balaban J connectivity index is 1.65. The summed E-state index contributed by atoms with van der Waals surface area (Å²) in [6, 6.07) is 19.9. The fraction of sp³-hybridized carbons (Fsp3) is 0.158. The summed E-state index contributed by atoms with van der Waals surface area (Å²) >= 11 is 0. The Kier molecular flexibility index (Phi) is 4.44. The molecule has 1 heterocycles. The predicted octanol–water partition coefficient (Wildman–Crippen LogP) is 3.38. The number of carbonyl (C=O) groups is 1. The van der Waals surface area contributed by atoms with Gasteiger partial charge in [0.1, 0.15) is 5.84 Å². The van der Waals surface area contributed by atoms with E-state index in [2.05, 4.69) is 4.99 Å². The van der Waals surface area contributed by atoms with E-state index in [1.807, 2.05) is 72.8 Å². The highest BCUT2D eigenvalue weighted by molar-refractivity contribution is 6.09. The zero-order chi connectivity index (χ0) is 15.2. The first kappa shape index (κ1) is 14.3. The molecule has 3 heteroatoms. The fourth-order valence-electron chi connectivity index (χ4n) is 2.49. The molecule has 1 amide bonds. The second-order valence-electron chi connectivity index (χ2n) is 5.13. The van der Waals surface area contributed by atoms with Crippen LogP contribution in [0.15, 0.2) is 71.7 Å². The van der Waals surface area contributed by atoms with Crippen LogP contribution < -0.4 is 0 Å². The Morgan fingerprint density at radius 3 is 2.45 bits per heavy atom. The topological polar surface area (TPSA) is 32.7 Å². The van der Waals surface area contributed by atoms with Gasteiger partial charge >= 0.3 is 0 Å². The molecule has 0 radical (unpaired) electrons. The molecule has 1 aliphatic heterocycles. The van der Waals surface area contributed by atoms with Crippen LogP contribution in [0.1, 0.15) is 17.5 Å². The summed E-state index contributed by atoms with van der Waals surface area (Å²) in [5.74, 6) is 0.881. The third-order valence-electron chi connectivity index (χ3n) is 3.58. The smallest absolute Gasteiger partial charge is 0.232 e. The van der Waals surface area contributed by atoms with E-state index in [9.17, 15) is 4.79 Å². The number of amides is 1. The summed E-state index contributed by atoms with van der Waals surface area (Å²) in [6.07, 6.45) is 4.28. The van der Waals surface area contributed by atoms with Crippen LogP contribution in [0.5, 0.6) is 0 Å². The van der Waals surface area contributed by atoms with Crippen LogP contribution in [0.4, 0.5) is 0 Å². The van der Waals surface area contributed by atoms with Gasteiger partial charge in [-0.1, -0.05) is 72.8 Å². The molecule has 0 N–H and O–H groups in total. The van der Waals surface area contributed by atoms with E-state index in [0.29, 0.717) is 19.5 Å². The number of rotatable bonds is 4. The van der Waals surface area contributed by atoms with Crippen molar-refractivity contribution >= 4 is 17.8 Å². The van der Waals surface area contributed by atoms with Crippen molar-refractivity contribution in [3.05, 3.63) is 77.9 Å². The van der Waals surface area contributed by atoms with E-state index < -0.39 is 0 Å². The van der Waals surface area contributed by atoms with Crippen LogP contribution in [0.3, 0.4) is 0 Å². The van der Waals surface area contributed by atoms with Gasteiger partial charge in [-0.2, -0.15) is 0 Å². The molecule has 0 atom stereocenters. The molecule has 22 heavy (non-hydrogen) atoms. The Morgan fingerprint density at radius 1 is 1.05 bits per heavy atom. The largest absolute Gasteiger partial charge is 0.294 e. The van der Waals surface area contributed by atoms with Gasteiger partial charge in [0, 0.05) is 18.5 Å². The van der Waals surface area contributed by atoms with Gasteiger partial charge in [-0.3, -0.25) is 14.7 Å². The van der Waals surface area contributed by atoms with Crippen molar-refractivity contribution in [3.63, 3.8) is 0 Å². The fourth-order valence-corrected chi connectivity index (χ4v) is 2.49.